The summed E-state index contributed by atoms with van der Waals surface area (Å²) in [5.74, 6) is -0.286. The maximum absolute atomic E-state index is 13.6. The molecular formula is C15H20FN3O2S. The van der Waals surface area contributed by atoms with Crippen LogP contribution in [0.3, 0.4) is 0 Å². The van der Waals surface area contributed by atoms with Gasteiger partial charge in [-0.25, -0.2) is 12.8 Å². The summed E-state index contributed by atoms with van der Waals surface area (Å²) >= 11 is 0. The molecule has 1 aromatic carbocycles. The lowest BCUT2D eigenvalue weighted by atomic mass is 10.1. The highest BCUT2D eigenvalue weighted by Gasteiger charge is 2.20. The van der Waals surface area contributed by atoms with Crippen molar-refractivity contribution in [3.05, 3.63) is 29.6 Å². The van der Waals surface area contributed by atoms with Crippen molar-refractivity contribution >= 4 is 15.5 Å². The van der Waals surface area contributed by atoms with Crippen LogP contribution in [0.4, 0.5) is 10.1 Å². The second kappa shape index (κ2) is 7.07. The molecule has 1 saturated heterocycles. The molecule has 0 spiro atoms. The molecule has 0 amide bonds. The van der Waals surface area contributed by atoms with Gasteiger partial charge < -0.3 is 4.90 Å². The standard InChI is InChI=1S/C15H20FN3O2S/c1-22(20,21)11-3-6-18-7-9-19(10-8-18)15-5-2-4-14(16)13(15)12-17/h2,4-5H,3,6-11H2,1H3. The van der Waals surface area contributed by atoms with E-state index < -0.39 is 15.7 Å². The molecule has 1 aliphatic heterocycles. The van der Waals surface area contributed by atoms with Crippen LogP contribution in [0.25, 0.3) is 0 Å². The Morgan fingerprint density at radius 3 is 2.55 bits per heavy atom. The fourth-order valence-electron chi connectivity index (χ4n) is 2.65. The summed E-state index contributed by atoms with van der Waals surface area (Å²) in [4.78, 5) is 4.21. The van der Waals surface area contributed by atoms with E-state index in [1.54, 1.807) is 12.1 Å². The summed E-state index contributed by atoms with van der Waals surface area (Å²) < 4.78 is 35.9. The van der Waals surface area contributed by atoms with Gasteiger partial charge in [-0.1, -0.05) is 6.07 Å². The van der Waals surface area contributed by atoms with Gasteiger partial charge in [0.25, 0.3) is 0 Å². The number of anilines is 1. The maximum atomic E-state index is 13.6. The van der Waals surface area contributed by atoms with Crippen LogP contribution in [0.2, 0.25) is 0 Å². The maximum Gasteiger partial charge on any atom is 0.147 e. The van der Waals surface area contributed by atoms with Crippen molar-refractivity contribution in [1.29, 1.82) is 5.26 Å². The van der Waals surface area contributed by atoms with Crippen LogP contribution in [0, 0.1) is 17.1 Å². The number of hydrogen-bond acceptors (Lipinski definition) is 5. The second-order valence-corrected chi connectivity index (χ2v) is 7.82. The zero-order valence-corrected chi connectivity index (χ0v) is 13.4. The van der Waals surface area contributed by atoms with Crippen molar-refractivity contribution < 1.29 is 12.8 Å². The quantitative estimate of drug-likeness (QED) is 0.815. The number of nitriles is 1. The Kier molecular flexibility index (Phi) is 5.37. The average Bonchev–Trinajstić information content (AvgIpc) is 2.46. The Balaban J connectivity index is 1.90. The van der Waals surface area contributed by atoms with Gasteiger partial charge in [-0.3, -0.25) is 4.90 Å². The molecule has 1 aliphatic rings. The van der Waals surface area contributed by atoms with Gasteiger partial charge >= 0.3 is 0 Å². The Bertz CT molecular complexity index is 662. The fraction of sp³-hybridized carbons (Fsp3) is 0.533. The Labute approximate surface area is 130 Å². The van der Waals surface area contributed by atoms with Crippen molar-refractivity contribution in [2.75, 3.05) is 49.6 Å². The van der Waals surface area contributed by atoms with E-state index in [0.29, 0.717) is 25.2 Å². The zero-order valence-electron chi connectivity index (χ0n) is 12.6. The molecule has 5 nitrogen and oxygen atoms in total. The predicted molar refractivity (Wildman–Crippen MR) is 84.1 cm³/mol. The van der Waals surface area contributed by atoms with E-state index in [1.807, 2.05) is 11.0 Å². The topological polar surface area (TPSA) is 64.4 Å². The normalized spacial score (nSPS) is 16.5. The van der Waals surface area contributed by atoms with Crippen LogP contribution in [0.5, 0.6) is 0 Å². The molecule has 1 fully saturated rings. The van der Waals surface area contributed by atoms with E-state index in [0.717, 1.165) is 19.6 Å². The minimum Gasteiger partial charge on any atom is -0.368 e. The van der Waals surface area contributed by atoms with E-state index in [9.17, 15) is 12.8 Å². The first-order valence-electron chi connectivity index (χ1n) is 7.24. The molecule has 0 radical (unpaired) electrons. The molecule has 1 heterocycles. The van der Waals surface area contributed by atoms with Crippen molar-refractivity contribution in [2.24, 2.45) is 0 Å². The first-order valence-corrected chi connectivity index (χ1v) is 9.30. The minimum absolute atomic E-state index is 0.0908. The fourth-order valence-corrected chi connectivity index (χ4v) is 3.30. The predicted octanol–water partition coefficient (Wildman–Crippen LogP) is 1.25. The number of rotatable bonds is 5. The number of halogens is 1. The van der Waals surface area contributed by atoms with E-state index in [-0.39, 0.29) is 11.3 Å². The Hall–Kier alpha value is -1.65. The van der Waals surface area contributed by atoms with Crippen LogP contribution in [0.1, 0.15) is 12.0 Å². The third-order valence-electron chi connectivity index (χ3n) is 3.81. The highest BCUT2D eigenvalue weighted by Crippen LogP contribution is 2.23. The molecule has 0 N–H and O–H groups in total. The molecule has 7 heteroatoms. The van der Waals surface area contributed by atoms with E-state index in [2.05, 4.69) is 4.90 Å². The third kappa shape index (κ3) is 4.42. The van der Waals surface area contributed by atoms with Gasteiger partial charge in [0.05, 0.1) is 11.4 Å². The molecule has 0 bridgehead atoms. The molecule has 0 saturated carbocycles. The smallest absolute Gasteiger partial charge is 0.147 e. The first-order chi connectivity index (χ1) is 10.4. The minimum atomic E-state index is -2.91. The van der Waals surface area contributed by atoms with E-state index in [1.165, 1.54) is 12.3 Å². The molecule has 2 rings (SSSR count). The lowest BCUT2D eigenvalue weighted by Gasteiger charge is -2.36. The van der Waals surface area contributed by atoms with Gasteiger partial charge in [-0.15, -0.1) is 0 Å². The van der Waals surface area contributed by atoms with Crippen LogP contribution in [-0.2, 0) is 9.84 Å². The van der Waals surface area contributed by atoms with Crippen LogP contribution < -0.4 is 4.90 Å². The van der Waals surface area contributed by atoms with Gasteiger partial charge in [-0.05, 0) is 25.1 Å². The van der Waals surface area contributed by atoms with E-state index in [4.69, 9.17) is 5.26 Å². The summed E-state index contributed by atoms with van der Waals surface area (Å²) in [6.45, 7) is 3.72. The number of piperazine rings is 1. The highest BCUT2D eigenvalue weighted by atomic mass is 32.2. The molecule has 0 unspecified atom stereocenters. The van der Waals surface area contributed by atoms with Gasteiger partial charge in [0.2, 0.25) is 0 Å². The van der Waals surface area contributed by atoms with E-state index >= 15 is 0 Å². The first kappa shape index (κ1) is 16.7. The number of sulfone groups is 1. The van der Waals surface area contributed by atoms with Crippen molar-refractivity contribution in [1.82, 2.24) is 4.90 Å². The molecule has 1 aromatic rings. The third-order valence-corrected chi connectivity index (χ3v) is 4.84. The molecule has 0 atom stereocenters. The van der Waals surface area contributed by atoms with Crippen LogP contribution in [0.15, 0.2) is 18.2 Å². The van der Waals surface area contributed by atoms with Gasteiger partial charge in [0.15, 0.2) is 0 Å². The summed E-state index contributed by atoms with van der Waals surface area (Å²) in [6.07, 6.45) is 1.88. The number of benzene rings is 1. The number of hydrogen-bond donors (Lipinski definition) is 0. The molecular weight excluding hydrogens is 305 g/mol. The van der Waals surface area contributed by atoms with Crippen molar-refractivity contribution in [3.63, 3.8) is 0 Å². The monoisotopic (exact) mass is 325 g/mol. The molecule has 0 aliphatic carbocycles. The van der Waals surface area contributed by atoms with Gasteiger partial charge in [0.1, 0.15) is 27.3 Å². The lowest BCUT2D eigenvalue weighted by molar-refractivity contribution is 0.258. The Morgan fingerprint density at radius 2 is 1.95 bits per heavy atom. The number of nitrogens with zero attached hydrogens (tertiary/aromatic N) is 3. The lowest BCUT2D eigenvalue weighted by Crippen LogP contribution is -2.47. The summed E-state index contributed by atoms with van der Waals surface area (Å²) in [7, 11) is -2.91. The molecule has 0 aromatic heterocycles. The molecule has 120 valence electrons. The van der Waals surface area contributed by atoms with Crippen molar-refractivity contribution in [2.45, 2.75) is 6.42 Å². The zero-order chi connectivity index (χ0) is 16.2. The summed E-state index contributed by atoms with van der Waals surface area (Å²) in [5, 5.41) is 9.09. The Morgan fingerprint density at radius 1 is 1.27 bits per heavy atom. The highest BCUT2D eigenvalue weighted by molar-refractivity contribution is 7.90. The second-order valence-electron chi connectivity index (χ2n) is 5.56. The van der Waals surface area contributed by atoms with Crippen LogP contribution in [-0.4, -0.2) is 58.1 Å². The van der Waals surface area contributed by atoms with Gasteiger partial charge in [-0.2, -0.15) is 5.26 Å². The van der Waals surface area contributed by atoms with Crippen molar-refractivity contribution in [3.8, 4) is 6.07 Å². The van der Waals surface area contributed by atoms with Gasteiger partial charge in [0, 0.05) is 32.4 Å². The summed E-state index contributed by atoms with van der Waals surface area (Å²) in [5.41, 5.74) is 0.728. The molecule has 22 heavy (non-hydrogen) atoms. The average molecular weight is 325 g/mol. The SMILES string of the molecule is CS(=O)(=O)CCCN1CCN(c2cccc(F)c2C#N)CC1. The largest absolute Gasteiger partial charge is 0.368 e. The van der Waals surface area contributed by atoms with Crippen LogP contribution >= 0.6 is 0 Å². The summed E-state index contributed by atoms with van der Waals surface area (Å²) in [6, 6.07) is 6.60.